The van der Waals surface area contributed by atoms with E-state index in [4.69, 9.17) is 18.9 Å². The first-order chi connectivity index (χ1) is 16.5. The molecule has 1 aliphatic carbocycles. The maximum absolute atomic E-state index is 12.1. The van der Waals surface area contributed by atoms with E-state index < -0.39 is 72.8 Å². The summed E-state index contributed by atoms with van der Waals surface area (Å²) in [4.78, 5) is 12.1. The predicted octanol–water partition coefficient (Wildman–Crippen LogP) is -1.20. The first kappa shape index (κ1) is 25.7. The van der Waals surface area contributed by atoms with Crippen LogP contribution in [0.15, 0.2) is 48.7 Å². The van der Waals surface area contributed by atoms with E-state index in [0.29, 0.717) is 0 Å². The second-order valence-electron chi connectivity index (χ2n) is 9.27. The van der Waals surface area contributed by atoms with Crippen molar-refractivity contribution in [2.75, 3.05) is 6.61 Å². The second-order valence-corrected chi connectivity index (χ2v) is 9.27. The number of carbonyl (C=O) groups is 1. The van der Waals surface area contributed by atoms with Crippen LogP contribution < -0.4 is 0 Å². The van der Waals surface area contributed by atoms with E-state index in [2.05, 4.69) is 0 Å². The summed E-state index contributed by atoms with van der Waals surface area (Å²) in [6.45, 7) is 0.942. The number of aliphatic hydroxyl groups is 6. The van der Waals surface area contributed by atoms with Crippen LogP contribution in [0.3, 0.4) is 0 Å². The summed E-state index contributed by atoms with van der Waals surface area (Å²) < 4.78 is 21.7. The van der Waals surface area contributed by atoms with Crippen molar-refractivity contribution in [3.63, 3.8) is 0 Å². The molecule has 10 atom stereocenters. The minimum Gasteiger partial charge on any atom is -0.472 e. The molecule has 1 aromatic rings. The maximum atomic E-state index is 12.1. The first-order valence-corrected chi connectivity index (χ1v) is 11.2. The summed E-state index contributed by atoms with van der Waals surface area (Å²) in [5.41, 5.74) is -2.68. The Labute approximate surface area is 201 Å². The quantitative estimate of drug-likeness (QED) is 0.207. The molecule has 0 aromatic heterocycles. The van der Waals surface area contributed by atoms with E-state index in [1.807, 2.05) is 18.2 Å². The van der Waals surface area contributed by atoms with Crippen LogP contribution in [0.2, 0.25) is 0 Å². The van der Waals surface area contributed by atoms with Crippen molar-refractivity contribution in [2.45, 2.75) is 67.6 Å². The zero-order valence-corrected chi connectivity index (χ0v) is 19.0. The van der Waals surface area contributed by atoms with Crippen LogP contribution in [0.4, 0.5) is 0 Å². The van der Waals surface area contributed by atoms with Crippen molar-refractivity contribution in [2.24, 2.45) is 5.92 Å². The molecule has 1 aromatic carbocycles. The van der Waals surface area contributed by atoms with Crippen LogP contribution >= 0.6 is 0 Å². The summed E-state index contributed by atoms with van der Waals surface area (Å²) in [5.74, 6) is -1.88. The Balaban J connectivity index is 1.41. The molecule has 3 aliphatic rings. The SMILES string of the molecule is C[C@@]1(O)C[C@H](O)[C@@]2(O)C=CO[C@H](O[C@H]3O[C@@H](COC(=O)/C=C/c4ccccc4)[C@H](O)[C@@H](O)[C@@H]3O)[C@H]21. The summed E-state index contributed by atoms with van der Waals surface area (Å²) in [5, 5.41) is 62.9. The lowest BCUT2D eigenvalue weighted by Crippen LogP contribution is -2.62. The van der Waals surface area contributed by atoms with Crippen LogP contribution in [0.25, 0.3) is 6.08 Å². The average molecular weight is 494 g/mol. The number of hydrogen-bond acceptors (Lipinski definition) is 11. The van der Waals surface area contributed by atoms with Crippen molar-refractivity contribution < 1.29 is 54.4 Å². The Hall–Kier alpha value is -2.35. The van der Waals surface area contributed by atoms with Gasteiger partial charge < -0.3 is 49.6 Å². The van der Waals surface area contributed by atoms with Gasteiger partial charge >= 0.3 is 5.97 Å². The zero-order valence-electron chi connectivity index (χ0n) is 19.0. The molecule has 11 heteroatoms. The first-order valence-electron chi connectivity index (χ1n) is 11.2. The number of rotatable bonds is 6. The smallest absolute Gasteiger partial charge is 0.330 e. The van der Waals surface area contributed by atoms with Gasteiger partial charge in [0, 0.05) is 12.5 Å². The number of fused-ring (bicyclic) bond motifs is 1. The van der Waals surface area contributed by atoms with Gasteiger partial charge in [-0.2, -0.15) is 0 Å². The fraction of sp³-hybridized carbons (Fsp3) is 0.542. The van der Waals surface area contributed by atoms with Gasteiger partial charge in [0.15, 0.2) is 6.29 Å². The number of benzene rings is 1. The van der Waals surface area contributed by atoms with Crippen molar-refractivity contribution in [1.82, 2.24) is 0 Å². The van der Waals surface area contributed by atoms with E-state index in [1.165, 1.54) is 19.1 Å². The van der Waals surface area contributed by atoms with Crippen molar-refractivity contribution >= 4 is 12.0 Å². The number of ether oxygens (including phenoxy) is 4. The third-order valence-electron chi connectivity index (χ3n) is 6.67. The molecule has 11 nitrogen and oxygen atoms in total. The zero-order chi connectivity index (χ0) is 25.4. The van der Waals surface area contributed by atoms with Gasteiger partial charge in [-0.1, -0.05) is 30.3 Å². The maximum Gasteiger partial charge on any atom is 0.330 e. The van der Waals surface area contributed by atoms with Crippen molar-refractivity contribution in [3.8, 4) is 0 Å². The highest BCUT2D eigenvalue weighted by Crippen LogP contribution is 2.49. The Morgan fingerprint density at radius 2 is 1.80 bits per heavy atom. The highest BCUT2D eigenvalue weighted by atomic mass is 16.8. The predicted molar refractivity (Wildman–Crippen MR) is 118 cm³/mol. The summed E-state index contributed by atoms with van der Waals surface area (Å²) >= 11 is 0. The van der Waals surface area contributed by atoms with E-state index >= 15 is 0 Å². The third kappa shape index (κ3) is 5.13. The third-order valence-corrected chi connectivity index (χ3v) is 6.67. The molecule has 0 spiro atoms. The molecular formula is C24H30O11. The van der Waals surface area contributed by atoms with E-state index in [9.17, 15) is 35.4 Å². The van der Waals surface area contributed by atoms with Crippen LogP contribution in [0.1, 0.15) is 18.9 Å². The molecule has 0 radical (unpaired) electrons. The number of aliphatic hydroxyl groups excluding tert-OH is 4. The van der Waals surface area contributed by atoms with Crippen LogP contribution in [0, 0.1) is 5.92 Å². The number of carbonyl (C=O) groups excluding carboxylic acids is 1. The highest BCUT2D eigenvalue weighted by Gasteiger charge is 2.64. The van der Waals surface area contributed by atoms with E-state index in [-0.39, 0.29) is 6.42 Å². The summed E-state index contributed by atoms with van der Waals surface area (Å²) in [6, 6.07) is 9.04. The lowest BCUT2D eigenvalue weighted by molar-refractivity contribution is -0.351. The van der Waals surface area contributed by atoms with Gasteiger partial charge in [-0.25, -0.2) is 4.79 Å². The van der Waals surface area contributed by atoms with Gasteiger partial charge in [0.05, 0.1) is 23.9 Å². The fourth-order valence-corrected chi connectivity index (χ4v) is 4.77. The van der Waals surface area contributed by atoms with Crippen LogP contribution in [-0.2, 0) is 23.7 Å². The normalized spacial score (nSPS) is 43.1. The number of hydrogen-bond donors (Lipinski definition) is 6. The van der Waals surface area contributed by atoms with Crippen molar-refractivity contribution in [1.29, 1.82) is 0 Å². The summed E-state index contributed by atoms with van der Waals surface area (Å²) in [7, 11) is 0. The number of esters is 1. The van der Waals surface area contributed by atoms with Gasteiger partial charge in [-0.05, 0) is 24.6 Å². The minimum absolute atomic E-state index is 0.160. The molecule has 0 unspecified atom stereocenters. The van der Waals surface area contributed by atoms with E-state index in [1.54, 1.807) is 18.2 Å². The van der Waals surface area contributed by atoms with Gasteiger partial charge in [-0.3, -0.25) is 0 Å². The Morgan fingerprint density at radius 1 is 1.09 bits per heavy atom. The molecule has 35 heavy (non-hydrogen) atoms. The molecule has 0 bridgehead atoms. The van der Waals surface area contributed by atoms with Crippen LogP contribution in [-0.4, -0.2) is 97.5 Å². The largest absolute Gasteiger partial charge is 0.472 e. The Kier molecular flexibility index (Phi) is 7.32. The molecule has 1 saturated carbocycles. The topological polar surface area (TPSA) is 175 Å². The fourth-order valence-electron chi connectivity index (χ4n) is 4.77. The molecule has 2 fully saturated rings. The molecule has 6 N–H and O–H groups in total. The van der Waals surface area contributed by atoms with E-state index in [0.717, 1.165) is 11.8 Å². The molecule has 2 heterocycles. The van der Waals surface area contributed by atoms with Crippen LogP contribution in [0.5, 0.6) is 0 Å². The van der Waals surface area contributed by atoms with Crippen molar-refractivity contribution in [3.05, 3.63) is 54.3 Å². The van der Waals surface area contributed by atoms with Gasteiger partial charge in [-0.15, -0.1) is 0 Å². The monoisotopic (exact) mass is 494 g/mol. The Bertz CT molecular complexity index is 948. The molecule has 0 amide bonds. The molecule has 1 saturated heterocycles. The molecular weight excluding hydrogens is 464 g/mol. The highest BCUT2D eigenvalue weighted by molar-refractivity contribution is 5.87. The molecule has 192 valence electrons. The molecule has 2 aliphatic heterocycles. The van der Waals surface area contributed by atoms with Gasteiger partial charge in [0.2, 0.25) is 6.29 Å². The van der Waals surface area contributed by atoms with Gasteiger partial charge in [0.25, 0.3) is 0 Å². The standard InChI is InChI=1S/C24H30O11/c1-23(30)11-15(25)24(31)9-10-32-22(20(23)24)35-21-19(29)18(28)17(27)14(34-21)12-33-16(26)8-7-13-5-3-2-4-6-13/h2-10,14-15,17-22,25,27-31H,11-12H2,1H3/b8-7+/t14-,15-,17-,18+,19-,20-,21+,22+,23+,24-/m0/s1. The Morgan fingerprint density at radius 3 is 2.51 bits per heavy atom. The summed E-state index contributed by atoms with van der Waals surface area (Å²) in [6.07, 6.45) is -5.67. The van der Waals surface area contributed by atoms with Gasteiger partial charge in [0.1, 0.15) is 36.6 Å². The molecule has 4 rings (SSSR count). The lowest BCUT2D eigenvalue weighted by atomic mass is 9.81. The minimum atomic E-state index is -1.86. The second kappa shape index (κ2) is 9.96. The lowest BCUT2D eigenvalue weighted by Gasteiger charge is -2.45. The average Bonchev–Trinajstić information content (AvgIpc) is 3.01.